The van der Waals surface area contributed by atoms with E-state index in [0.29, 0.717) is 35.2 Å². The Morgan fingerprint density at radius 2 is 1.86 bits per heavy atom. The minimum atomic E-state index is 0.0140. The zero-order valence-electron chi connectivity index (χ0n) is 15.9. The molecule has 0 unspecified atom stereocenters. The maximum absolute atomic E-state index is 9.28. The van der Waals surface area contributed by atoms with Crippen molar-refractivity contribution in [3.8, 4) is 22.8 Å². The fraction of sp³-hybridized carbons (Fsp3) is 0.200. The van der Waals surface area contributed by atoms with Crippen LogP contribution in [0.4, 0.5) is 5.95 Å². The molecule has 2 N–H and O–H groups in total. The summed E-state index contributed by atoms with van der Waals surface area (Å²) in [4.78, 5) is 9.15. The van der Waals surface area contributed by atoms with E-state index in [9.17, 15) is 5.11 Å². The highest BCUT2D eigenvalue weighted by molar-refractivity contribution is 7.18. The number of methoxy groups -OCH3 is 2. The van der Waals surface area contributed by atoms with Crippen LogP contribution in [0.5, 0.6) is 11.5 Å². The lowest BCUT2D eigenvalue weighted by atomic mass is 10.1. The lowest BCUT2D eigenvalue weighted by Gasteiger charge is -2.12. The van der Waals surface area contributed by atoms with Crippen molar-refractivity contribution < 1.29 is 14.6 Å². The predicted molar refractivity (Wildman–Crippen MR) is 111 cm³/mol. The van der Waals surface area contributed by atoms with Gasteiger partial charge in [0.1, 0.15) is 22.2 Å². The van der Waals surface area contributed by atoms with E-state index in [0.717, 1.165) is 20.8 Å². The van der Waals surface area contributed by atoms with E-state index in [1.165, 1.54) is 0 Å². The molecule has 2 heterocycles. The second-order valence-corrected chi connectivity index (χ2v) is 7.24. The molecule has 0 saturated heterocycles. The summed E-state index contributed by atoms with van der Waals surface area (Å²) in [6.07, 6.45) is 1.57. The third-order valence-electron chi connectivity index (χ3n) is 4.32. The molecule has 2 aromatic carbocycles. The van der Waals surface area contributed by atoms with Crippen LogP contribution < -0.4 is 14.8 Å². The van der Waals surface area contributed by atoms with Crippen molar-refractivity contribution in [1.82, 2.24) is 20.2 Å². The van der Waals surface area contributed by atoms with Gasteiger partial charge < -0.3 is 19.9 Å². The van der Waals surface area contributed by atoms with Crippen LogP contribution in [0.2, 0.25) is 0 Å². The number of anilines is 1. The monoisotopic (exact) mass is 409 g/mol. The topological polar surface area (TPSA) is 102 Å². The van der Waals surface area contributed by atoms with Gasteiger partial charge in [-0.1, -0.05) is 12.1 Å². The molecule has 0 bridgehead atoms. The van der Waals surface area contributed by atoms with Gasteiger partial charge in [-0.05, 0) is 29.8 Å². The van der Waals surface area contributed by atoms with Gasteiger partial charge in [-0.25, -0.2) is 9.97 Å². The molecular formula is C20H19N5O3S. The van der Waals surface area contributed by atoms with Crippen molar-refractivity contribution in [3.05, 3.63) is 53.2 Å². The van der Waals surface area contributed by atoms with Gasteiger partial charge in [-0.2, -0.15) is 5.10 Å². The third-order valence-corrected chi connectivity index (χ3v) is 5.34. The van der Waals surface area contributed by atoms with Crippen LogP contribution in [0.15, 0.2) is 42.6 Å². The number of benzene rings is 2. The van der Waals surface area contributed by atoms with Crippen LogP contribution in [0.1, 0.15) is 10.6 Å². The molecule has 0 amide bonds. The van der Waals surface area contributed by atoms with Crippen molar-refractivity contribution in [3.63, 3.8) is 0 Å². The van der Waals surface area contributed by atoms with Crippen molar-refractivity contribution in [2.45, 2.75) is 13.2 Å². The molecule has 0 aliphatic heterocycles. The van der Waals surface area contributed by atoms with E-state index < -0.39 is 0 Å². The maximum Gasteiger partial charge on any atom is 0.243 e. The van der Waals surface area contributed by atoms with Gasteiger partial charge in [0.05, 0.1) is 49.3 Å². The highest BCUT2D eigenvalue weighted by atomic mass is 32.1. The van der Waals surface area contributed by atoms with Crippen LogP contribution in [0.25, 0.3) is 21.5 Å². The summed E-state index contributed by atoms with van der Waals surface area (Å²) in [6, 6.07) is 11.3. The first-order valence-corrected chi connectivity index (χ1v) is 9.67. The van der Waals surface area contributed by atoms with Crippen molar-refractivity contribution in [1.29, 1.82) is 0 Å². The first-order valence-electron chi connectivity index (χ1n) is 8.86. The van der Waals surface area contributed by atoms with Gasteiger partial charge in [0.2, 0.25) is 5.95 Å². The number of hydrogen-bond acceptors (Lipinski definition) is 9. The summed E-state index contributed by atoms with van der Waals surface area (Å²) in [6.45, 7) is 0.474. The van der Waals surface area contributed by atoms with Crippen LogP contribution in [0, 0.1) is 0 Å². The summed E-state index contributed by atoms with van der Waals surface area (Å²) in [5, 5.41) is 21.5. The smallest absolute Gasteiger partial charge is 0.243 e. The number of rotatable bonds is 7. The molecule has 0 aliphatic rings. The molecule has 4 rings (SSSR count). The molecule has 2 aromatic heterocycles. The number of aliphatic hydroxyl groups is 1. The average Bonchev–Trinajstić information content (AvgIpc) is 3.19. The normalized spacial score (nSPS) is 10.9. The van der Waals surface area contributed by atoms with Gasteiger partial charge in [0.25, 0.3) is 0 Å². The summed E-state index contributed by atoms with van der Waals surface area (Å²) in [7, 11) is 3.20. The molecule has 8 nitrogen and oxygen atoms in total. The second kappa shape index (κ2) is 8.38. The number of nitrogens with one attached hydrogen (secondary N) is 1. The molecule has 0 radical (unpaired) electrons. The van der Waals surface area contributed by atoms with E-state index in [1.807, 2.05) is 36.4 Å². The lowest BCUT2D eigenvalue weighted by molar-refractivity contribution is 0.282. The van der Waals surface area contributed by atoms with Gasteiger partial charge in [-0.3, -0.25) is 0 Å². The third kappa shape index (κ3) is 3.96. The van der Waals surface area contributed by atoms with E-state index in [1.54, 1.807) is 31.8 Å². The Morgan fingerprint density at radius 3 is 2.59 bits per heavy atom. The van der Waals surface area contributed by atoms with Crippen LogP contribution in [-0.2, 0) is 13.2 Å². The Kier molecular flexibility index (Phi) is 5.50. The Morgan fingerprint density at radius 1 is 1.07 bits per heavy atom. The van der Waals surface area contributed by atoms with Crippen LogP contribution in [-0.4, -0.2) is 39.5 Å². The molecule has 0 aliphatic carbocycles. The van der Waals surface area contributed by atoms with E-state index >= 15 is 0 Å². The van der Waals surface area contributed by atoms with Gasteiger partial charge in [-0.15, -0.1) is 16.4 Å². The zero-order chi connectivity index (χ0) is 20.2. The number of hydrogen-bond donors (Lipinski definition) is 2. The highest BCUT2D eigenvalue weighted by Gasteiger charge is 2.15. The molecule has 29 heavy (non-hydrogen) atoms. The summed E-state index contributed by atoms with van der Waals surface area (Å²) in [5.74, 6) is 1.66. The standard InChI is InChI=1S/C20H19N5O3S/c1-27-15-4-3-5-16(28-2)19(15)14-9-22-25-20(24-14)21-10-18-23-13-7-6-12(11-26)8-17(13)29-18/h3-9,26H,10-11H2,1-2H3,(H,21,24,25). The van der Waals surface area contributed by atoms with Crippen molar-refractivity contribution in [2.75, 3.05) is 19.5 Å². The molecule has 0 fully saturated rings. The lowest BCUT2D eigenvalue weighted by Crippen LogP contribution is -2.05. The summed E-state index contributed by atoms with van der Waals surface area (Å²) in [5.41, 5.74) is 3.07. The molecule has 148 valence electrons. The molecule has 4 aromatic rings. The molecule has 0 saturated carbocycles. The van der Waals surface area contributed by atoms with Gasteiger partial charge in [0.15, 0.2) is 0 Å². The van der Waals surface area contributed by atoms with Crippen LogP contribution in [0.3, 0.4) is 0 Å². The predicted octanol–water partition coefficient (Wildman–Crippen LogP) is 3.27. The van der Waals surface area contributed by atoms with Gasteiger partial charge in [0, 0.05) is 0 Å². The van der Waals surface area contributed by atoms with E-state index in [4.69, 9.17) is 9.47 Å². The highest BCUT2D eigenvalue weighted by Crippen LogP contribution is 2.37. The SMILES string of the molecule is COc1cccc(OC)c1-c1cnnc(NCc2nc3ccc(CO)cc3s2)n1. The van der Waals surface area contributed by atoms with Crippen LogP contribution >= 0.6 is 11.3 Å². The van der Waals surface area contributed by atoms with Gasteiger partial charge >= 0.3 is 0 Å². The number of aromatic nitrogens is 4. The average molecular weight is 409 g/mol. The largest absolute Gasteiger partial charge is 0.496 e. The first kappa shape index (κ1) is 19.0. The zero-order valence-corrected chi connectivity index (χ0v) is 16.7. The van der Waals surface area contributed by atoms with Crippen molar-refractivity contribution in [2.24, 2.45) is 0 Å². The fourth-order valence-electron chi connectivity index (χ4n) is 2.95. The Hall–Kier alpha value is -3.30. The minimum absolute atomic E-state index is 0.0140. The fourth-order valence-corrected chi connectivity index (χ4v) is 3.92. The van der Waals surface area contributed by atoms with Crippen molar-refractivity contribution >= 4 is 27.5 Å². The van der Waals surface area contributed by atoms with E-state index in [2.05, 4.69) is 25.5 Å². The number of ether oxygens (including phenoxy) is 2. The number of fused-ring (bicyclic) bond motifs is 1. The molecular weight excluding hydrogens is 390 g/mol. The summed E-state index contributed by atoms with van der Waals surface area (Å²) >= 11 is 1.56. The summed E-state index contributed by atoms with van der Waals surface area (Å²) < 4.78 is 11.9. The maximum atomic E-state index is 9.28. The molecule has 9 heteroatoms. The Bertz CT molecular complexity index is 1130. The van der Waals surface area contributed by atoms with E-state index in [-0.39, 0.29) is 6.61 Å². The second-order valence-electron chi connectivity index (χ2n) is 6.12. The Labute approximate surface area is 171 Å². The quantitative estimate of drug-likeness (QED) is 0.479. The number of aliphatic hydroxyl groups excluding tert-OH is 1. The molecule has 0 spiro atoms. The Balaban J connectivity index is 1.57. The minimum Gasteiger partial charge on any atom is -0.496 e. The number of thiazole rings is 1. The molecule has 0 atom stereocenters. The number of nitrogens with zero attached hydrogens (tertiary/aromatic N) is 4. The first-order chi connectivity index (χ1) is 14.2.